The lowest BCUT2D eigenvalue weighted by atomic mass is 10.0. The van der Waals surface area contributed by atoms with Crippen LogP contribution in [0.2, 0.25) is 0 Å². The summed E-state index contributed by atoms with van der Waals surface area (Å²) in [4.78, 5) is 4.28. The smallest absolute Gasteiger partial charge is 0.132 e. The van der Waals surface area contributed by atoms with Gasteiger partial charge in [-0.3, -0.25) is 4.99 Å². The van der Waals surface area contributed by atoms with Gasteiger partial charge >= 0.3 is 0 Å². The molecule has 3 heteroatoms. The molecule has 0 saturated heterocycles. The first-order valence-electron chi connectivity index (χ1n) is 6.00. The van der Waals surface area contributed by atoms with Gasteiger partial charge < -0.3 is 0 Å². The quantitative estimate of drug-likeness (QED) is 0.773. The van der Waals surface area contributed by atoms with Crippen molar-refractivity contribution >= 4 is 11.3 Å². The van der Waals surface area contributed by atoms with E-state index in [9.17, 15) is 8.78 Å². The Balaban J connectivity index is 1.97. The Kier molecular flexibility index (Phi) is 2.95. The number of aliphatic imine (C=N–C) groups is 1. The van der Waals surface area contributed by atoms with Gasteiger partial charge in [-0.1, -0.05) is 30.3 Å². The molecule has 1 aliphatic heterocycles. The summed E-state index contributed by atoms with van der Waals surface area (Å²) < 4.78 is 27.4. The number of hydrogen-bond acceptors (Lipinski definition) is 1. The Morgan fingerprint density at radius 1 is 0.789 bits per heavy atom. The molecule has 0 unspecified atom stereocenters. The number of hydrogen-bond donors (Lipinski definition) is 0. The maximum atomic E-state index is 13.7. The minimum absolute atomic E-state index is 0.279. The van der Waals surface area contributed by atoms with Crippen molar-refractivity contribution in [3.05, 3.63) is 77.4 Å². The summed E-state index contributed by atoms with van der Waals surface area (Å²) >= 11 is 0. The molecule has 0 N–H and O–H groups in total. The molecule has 1 nitrogen and oxygen atoms in total. The van der Waals surface area contributed by atoms with Crippen LogP contribution in [0.15, 0.2) is 59.6 Å². The van der Waals surface area contributed by atoms with Crippen molar-refractivity contribution in [2.75, 3.05) is 6.54 Å². The van der Waals surface area contributed by atoms with Crippen molar-refractivity contribution in [1.82, 2.24) is 0 Å². The third kappa shape index (κ3) is 2.19. The third-order valence-corrected chi connectivity index (χ3v) is 3.10. The summed E-state index contributed by atoms with van der Waals surface area (Å²) in [7, 11) is 0. The van der Waals surface area contributed by atoms with Gasteiger partial charge in [0.25, 0.3) is 0 Å². The molecule has 0 aromatic heterocycles. The monoisotopic (exact) mass is 255 g/mol. The molecule has 0 amide bonds. The standard InChI is InChI=1S/C16H11F2N/c17-14-7-3-1-5-12(14)11-9-16(19-10-11)13-6-2-4-8-15(13)18/h1-9H,10H2. The Labute approximate surface area is 109 Å². The first-order valence-corrected chi connectivity index (χ1v) is 6.00. The molecule has 19 heavy (non-hydrogen) atoms. The zero-order valence-corrected chi connectivity index (χ0v) is 10.1. The summed E-state index contributed by atoms with van der Waals surface area (Å²) in [6.45, 7) is 0.380. The molecule has 94 valence electrons. The van der Waals surface area contributed by atoms with E-state index in [-0.39, 0.29) is 11.6 Å². The number of nitrogens with zero attached hydrogens (tertiary/aromatic N) is 1. The molecule has 0 saturated carbocycles. The predicted molar refractivity (Wildman–Crippen MR) is 72.2 cm³/mol. The average Bonchev–Trinajstić information content (AvgIpc) is 2.89. The second kappa shape index (κ2) is 4.76. The molecule has 0 spiro atoms. The van der Waals surface area contributed by atoms with Crippen molar-refractivity contribution in [2.45, 2.75) is 0 Å². The normalized spacial score (nSPS) is 14.2. The van der Waals surface area contributed by atoms with Crippen molar-refractivity contribution in [3.8, 4) is 0 Å². The van der Waals surface area contributed by atoms with E-state index in [0.717, 1.165) is 5.57 Å². The van der Waals surface area contributed by atoms with E-state index in [1.165, 1.54) is 12.1 Å². The largest absolute Gasteiger partial charge is 0.280 e. The summed E-state index contributed by atoms with van der Waals surface area (Å²) in [5.74, 6) is -0.592. The fourth-order valence-electron chi connectivity index (χ4n) is 2.14. The minimum Gasteiger partial charge on any atom is -0.280 e. The van der Waals surface area contributed by atoms with Crippen LogP contribution in [-0.2, 0) is 0 Å². The van der Waals surface area contributed by atoms with Gasteiger partial charge in [0.2, 0.25) is 0 Å². The van der Waals surface area contributed by atoms with Crippen LogP contribution < -0.4 is 0 Å². The van der Waals surface area contributed by atoms with Gasteiger partial charge in [-0.05, 0) is 29.8 Å². The molecule has 2 aromatic carbocycles. The van der Waals surface area contributed by atoms with E-state index < -0.39 is 0 Å². The highest BCUT2D eigenvalue weighted by Gasteiger charge is 2.16. The van der Waals surface area contributed by atoms with Crippen molar-refractivity contribution in [3.63, 3.8) is 0 Å². The van der Waals surface area contributed by atoms with Crippen LogP contribution in [0.1, 0.15) is 11.1 Å². The van der Waals surface area contributed by atoms with Gasteiger partial charge in [-0.25, -0.2) is 8.78 Å². The average molecular weight is 255 g/mol. The van der Waals surface area contributed by atoms with Gasteiger partial charge in [-0.15, -0.1) is 0 Å². The topological polar surface area (TPSA) is 12.4 Å². The van der Waals surface area contributed by atoms with E-state index in [1.54, 1.807) is 42.5 Å². The van der Waals surface area contributed by atoms with Crippen LogP contribution in [0.3, 0.4) is 0 Å². The summed E-state index contributed by atoms with van der Waals surface area (Å²) in [5, 5.41) is 0. The lowest BCUT2D eigenvalue weighted by molar-refractivity contribution is 0.623. The molecule has 0 aliphatic carbocycles. The van der Waals surface area contributed by atoms with Gasteiger partial charge in [0.05, 0.1) is 12.3 Å². The molecule has 0 atom stereocenters. The predicted octanol–water partition coefficient (Wildman–Crippen LogP) is 3.85. The van der Waals surface area contributed by atoms with E-state index in [0.29, 0.717) is 23.4 Å². The molecule has 1 aliphatic rings. The maximum absolute atomic E-state index is 13.7. The second-order valence-electron chi connectivity index (χ2n) is 4.33. The minimum atomic E-state index is -0.313. The van der Waals surface area contributed by atoms with E-state index in [4.69, 9.17) is 0 Å². The second-order valence-corrected chi connectivity index (χ2v) is 4.33. The molecule has 0 bridgehead atoms. The lowest BCUT2D eigenvalue weighted by Crippen LogP contribution is -1.97. The van der Waals surface area contributed by atoms with Crippen LogP contribution in [0.4, 0.5) is 8.78 Å². The van der Waals surface area contributed by atoms with Crippen LogP contribution in [0.5, 0.6) is 0 Å². The molecule has 0 radical (unpaired) electrons. The Morgan fingerprint density at radius 2 is 1.37 bits per heavy atom. The summed E-state index contributed by atoms with van der Waals surface area (Å²) in [6, 6.07) is 13.0. The zero-order valence-electron chi connectivity index (χ0n) is 10.1. The molecule has 1 heterocycles. The first kappa shape index (κ1) is 11.8. The van der Waals surface area contributed by atoms with E-state index >= 15 is 0 Å². The van der Waals surface area contributed by atoms with E-state index in [2.05, 4.69) is 4.99 Å². The van der Waals surface area contributed by atoms with Gasteiger partial charge in [0.1, 0.15) is 11.6 Å². The van der Waals surface area contributed by atoms with Gasteiger partial charge in [-0.2, -0.15) is 0 Å². The van der Waals surface area contributed by atoms with Crippen LogP contribution in [0.25, 0.3) is 5.57 Å². The van der Waals surface area contributed by atoms with Crippen LogP contribution >= 0.6 is 0 Å². The third-order valence-electron chi connectivity index (χ3n) is 3.10. The van der Waals surface area contributed by atoms with Crippen molar-refractivity contribution < 1.29 is 8.78 Å². The zero-order chi connectivity index (χ0) is 13.2. The highest BCUT2D eigenvalue weighted by molar-refractivity contribution is 6.15. The SMILES string of the molecule is Fc1ccccc1C1=CC(c2ccccc2F)=NC1. The fourth-order valence-corrected chi connectivity index (χ4v) is 2.14. The molecule has 2 aromatic rings. The number of halogens is 2. The van der Waals surface area contributed by atoms with Gasteiger partial charge in [0, 0.05) is 11.1 Å². The first-order chi connectivity index (χ1) is 9.25. The highest BCUT2D eigenvalue weighted by atomic mass is 19.1. The number of allylic oxidation sites excluding steroid dienone is 1. The Morgan fingerprint density at radius 3 is 2.00 bits per heavy atom. The Bertz CT molecular complexity index is 687. The maximum Gasteiger partial charge on any atom is 0.132 e. The van der Waals surface area contributed by atoms with Crippen molar-refractivity contribution in [1.29, 1.82) is 0 Å². The molecule has 0 fully saturated rings. The molecular weight excluding hydrogens is 244 g/mol. The summed E-state index contributed by atoms with van der Waals surface area (Å²) in [6.07, 6.45) is 1.75. The highest BCUT2D eigenvalue weighted by Crippen LogP contribution is 2.24. The number of benzene rings is 2. The lowest BCUT2D eigenvalue weighted by Gasteiger charge is -2.02. The van der Waals surface area contributed by atoms with Crippen molar-refractivity contribution in [2.24, 2.45) is 4.99 Å². The molecular formula is C16H11F2N. The number of rotatable bonds is 2. The summed E-state index contributed by atoms with van der Waals surface area (Å²) in [5.41, 5.74) is 2.32. The fraction of sp³-hybridized carbons (Fsp3) is 0.0625. The van der Waals surface area contributed by atoms with Gasteiger partial charge in [0.15, 0.2) is 0 Å². The van der Waals surface area contributed by atoms with Crippen LogP contribution in [0, 0.1) is 11.6 Å². The Hall–Kier alpha value is -2.29. The van der Waals surface area contributed by atoms with E-state index in [1.807, 2.05) is 0 Å². The molecule has 3 rings (SSSR count). The van der Waals surface area contributed by atoms with Crippen LogP contribution in [-0.4, -0.2) is 12.3 Å².